The fourth-order valence-electron chi connectivity index (χ4n) is 2.28. The zero-order valence-electron chi connectivity index (χ0n) is 11.2. The van der Waals surface area contributed by atoms with E-state index in [2.05, 4.69) is 5.10 Å². The summed E-state index contributed by atoms with van der Waals surface area (Å²) in [6.07, 6.45) is 4.26. The van der Waals surface area contributed by atoms with E-state index in [1.807, 2.05) is 10.7 Å². The quantitative estimate of drug-likeness (QED) is 0.795. The van der Waals surface area contributed by atoms with Gasteiger partial charge in [0.2, 0.25) is 5.91 Å². The first-order valence-corrected chi connectivity index (χ1v) is 6.56. The van der Waals surface area contributed by atoms with Gasteiger partial charge >= 0.3 is 0 Å². The predicted molar refractivity (Wildman–Crippen MR) is 73.0 cm³/mol. The van der Waals surface area contributed by atoms with Crippen LogP contribution in [0.1, 0.15) is 11.3 Å². The number of hydrogen-bond donors (Lipinski definition) is 0. The number of hydrogen-bond acceptors (Lipinski definition) is 2. The second-order valence-electron chi connectivity index (χ2n) is 4.80. The molecule has 1 aliphatic heterocycles. The van der Waals surface area contributed by atoms with E-state index in [0.29, 0.717) is 19.6 Å². The van der Waals surface area contributed by atoms with Crippen LogP contribution >= 0.6 is 0 Å². The zero-order valence-corrected chi connectivity index (χ0v) is 11.2. The lowest BCUT2D eigenvalue weighted by atomic mass is 10.2. The van der Waals surface area contributed by atoms with Gasteiger partial charge in [-0.2, -0.15) is 5.10 Å². The summed E-state index contributed by atoms with van der Waals surface area (Å²) in [4.78, 5) is 13.7. The van der Waals surface area contributed by atoms with Crippen molar-refractivity contribution < 1.29 is 13.6 Å². The van der Waals surface area contributed by atoms with Gasteiger partial charge in [0.05, 0.1) is 18.8 Å². The van der Waals surface area contributed by atoms with Crippen molar-refractivity contribution in [1.82, 2.24) is 14.7 Å². The normalized spacial score (nSPS) is 14.5. The highest BCUT2D eigenvalue weighted by atomic mass is 19.1. The van der Waals surface area contributed by atoms with Crippen LogP contribution in [0.25, 0.3) is 6.08 Å². The summed E-state index contributed by atoms with van der Waals surface area (Å²) in [5.41, 5.74) is 1.02. The van der Waals surface area contributed by atoms with Crippen LogP contribution in [0.4, 0.5) is 8.78 Å². The maximum atomic E-state index is 13.5. The van der Waals surface area contributed by atoms with Gasteiger partial charge in [-0.25, -0.2) is 8.78 Å². The standard InChI is InChI=1S/C15H13F2N3O/c16-12-2-3-14(17)11(9-12)1-4-15(21)19-7-8-20-13(10-19)5-6-18-20/h1-6,9H,7-8,10H2/b4-1+. The van der Waals surface area contributed by atoms with E-state index in [1.54, 1.807) is 11.1 Å². The Bertz CT molecular complexity index is 709. The molecule has 6 heteroatoms. The van der Waals surface area contributed by atoms with Crippen molar-refractivity contribution in [3.63, 3.8) is 0 Å². The zero-order chi connectivity index (χ0) is 14.8. The molecule has 2 heterocycles. The monoisotopic (exact) mass is 289 g/mol. The fourth-order valence-corrected chi connectivity index (χ4v) is 2.28. The molecule has 3 rings (SSSR count). The summed E-state index contributed by atoms with van der Waals surface area (Å²) in [6, 6.07) is 5.00. The Morgan fingerprint density at radius 3 is 2.95 bits per heavy atom. The molecule has 1 amide bonds. The summed E-state index contributed by atoms with van der Waals surface area (Å²) >= 11 is 0. The van der Waals surface area contributed by atoms with Gasteiger partial charge < -0.3 is 4.90 Å². The van der Waals surface area contributed by atoms with Gasteiger partial charge in [-0.3, -0.25) is 9.48 Å². The van der Waals surface area contributed by atoms with E-state index in [0.717, 1.165) is 23.9 Å². The molecule has 0 saturated heterocycles. The lowest BCUT2D eigenvalue weighted by Gasteiger charge is -2.26. The maximum Gasteiger partial charge on any atom is 0.246 e. The first-order chi connectivity index (χ1) is 10.1. The fraction of sp³-hybridized carbons (Fsp3) is 0.200. The number of rotatable bonds is 2. The lowest BCUT2D eigenvalue weighted by molar-refractivity contribution is -0.127. The number of benzene rings is 1. The molecule has 4 nitrogen and oxygen atoms in total. The van der Waals surface area contributed by atoms with E-state index in [4.69, 9.17) is 0 Å². The number of fused-ring (bicyclic) bond motifs is 1. The molecule has 0 bridgehead atoms. The van der Waals surface area contributed by atoms with Crippen LogP contribution < -0.4 is 0 Å². The summed E-state index contributed by atoms with van der Waals surface area (Å²) < 4.78 is 28.4. The van der Waals surface area contributed by atoms with Crippen molar-refractivity contribution in [2.24, 2.45) is 0 Å². The second kappa shape index (κ2) is 5.47. The Labute approximate surface area is 120 Å². The predicted octanol–water partition coefficient (Wildman–Crippen LogP) is 2.22. The molecule has 2 aromatic rings. The molecule has 1 aromatic heterocycles. The third-order valence-corrected chi connectivity index (χ3v) is 3.41. The van der Waals surface area contributed by atoms with Crippen molar-refractivity contribution in [3.8, 4) is 0 Å². The number of halogens is 2. The highest BCUT2D eigenvalue weighted by Gasteiger charge is 2.19. The molecule has 0 fully saturated rings. The highest BCUT2D eigenvalue weighted by molar-refractivity contribution is 5.91. The molecule has 0 saturated carbocycles. The van der Waals surface area contributed by atoms with Gasteiger partial charge in [0.1, 0.15) is 11.6 Å². The Kier molecular flexibility index (Phi) is 3.51. The highest BCUT2D eigenvalue weighted by Crippen LogP contribution is 2.14. The van der Waals surface area contributed by atoms with Crippen molar-refractivity contribution >= 4 is 12.0 Å². The smallest absolute Gasteiger partial charge is 0.246 e. The molecule has 0 spiro atoms. The van der Waals surface area contributed by atoms with Crippen LogP contribution in [0.2, 0.25) is 0 Å². The van der Waals surface area contributed by atoms with Crippen LogP contribution in [0.15, 0.2) is 36.5 Å². The number of amides is 1. The molecule has 21 heavy (non-hydrogen) atoms. The SMILES string of the molecule is O=C(/C=C/c1cc(F)ccc1F)N1CCn2nccc2C1. The van der Waals surface area contributed by atoms with Gasteiger partial charge in [0.25, 0.3) is 0 Å². The van der Waals surface area contributed by atoms with Crippen molar-refractivity contribution in [2.75, 3.05) is 6.54 Å². The molecule has 0 N–H and O–H groups in total. The first kappa shape index (κ1) is 13.5. The maximum absolute atomic E-state index is 13.5. The number of carbonyl (C=O) groups is 1. The largest absolute Gasteiger partial charge is 0.331 e. The molecular formula is C15H13F2N3O. The third-order valence-electron chi connectivity index (χ3n) is 3.41. The second-order valence-corrected chi connectivity index (χ2v) is 4.80. The van der Waals surface area contributed by atoms with E-state index in [1.165, 1.54) is 12.2 Å². The molecular weight excluding hydrogens is 276 g/mol. The summed E-state index contributed by atoms with van der Waals surface area (Å²) in [6.45, 7) is 1.65. The van der Waals surface area contributed by atoms with E-state index < -0.39 is 11.6 Å². The van der Waals surface area contributed by atoms with Crippen molar-refractivity contribution in [3.05, 3.63) is 59.4 Å². The van der Waals surface area contributed by atoms with Crippen LogP contribution in [-0.2, 0) is 17.9 Å². The van der Waals surface area contributed by atoms with Crippen LogP contribution in [0.3, 0.4) is 0 Å². The minimum Gasteiger partial charge on any atom is -0.331 e. The third kappa shape index (κ3) is 2.84. The Balaban J connectivity index is 1.72. The Morgan fingerprint density at radius 2 is 2.10 bits per heavy atom. The first-order valence-electron chi connectivity index (χ1n) is 6.56. The van der Waals surface area contributed by atoms with Crippen LogP contribution in [-0.4, -0.2) is 27.1 Å². The molecule has 1 aliphatic rings. The summed E-state index contributed by atoms with van der Waals surface area (Å²) in [5.74, 6) is -1.33. The van der Waals surface area contributed by atoms with Gasteiger partial charge in [-0.1, -0.05) is 0 Å². The molecule has 0 aliphatic carbocycles. The number of carbonyl (C=O) groups excluding carboxylic acids is 1. The van der Waals surface area contributed by atoms with Gasteiger partial charge in [-0.05, 0) is 30.3 Å². The lowest BCUT2D eigenvalue weighted by Crippen LogP contribution is -2.37. The average molecular weight is 289 g/mol. The molecule has 0 atom stereocenters. The van der Waals surface area contributed by atoms with Gasteiger partial charge in [0, 0.05) is 24.4 Å². The van der Waals surface area contributed by atoms with Gasteiger partial charge in [0.15, 0.2) is 0 Å². The molecule has 108 valence electrons. The summed E-state index contributed by atoms with van der Waals surface area (Å²) in [7, 11) is 0. The van der Waals surface area contributed by atoms with Crippen molar-refractivity contribution in [2.45, 2.75) is 13.1 Å². The minimum absolute atomic E-state index is 0.0606. The molecule has 1 aromatic carbocycles. The topological polar surface area (TPSA) is 38.1 Å². The van der Waals surface area contributed by atoms with Crippen LogP contribution in [0, 0.1) is 11.6 Å². The van der Waals surface area contributed by atoms with E-state index in [-0.39, 0.29) is 11.5 Å². The summed E-state index contributed by atoms with van der Waals surface area (Å²) in [5, 5.41) is 4.13. The average Bonchev–Trinajstić information content (AvgIpc) is 2.95. The molecule has 0 unspecified atom stereocenters. The Hall–Kier alpha value is -2.50. The minimum atomic E-state index is -0.558. The van der Waals surface area contributed by atoms with E-state index >= 15 is 0 Å². The number of nitrogens with zero attached hydrogens (tertiary/aromatic N) is 3. The van der Waals surface area contributed by atoms with Gasteiger partial charge in [-0.15, -0.1) is 0 Å². The Morgan fingerprint density at radius 1 is 1.24 bits per heavy atom. The van der Waals surface area contributed by atoms with Crippen molar-refractivity contribution in [1.29, 1.82) is 0 Å². The molecule has 0 radical (unpaired) electrons. The number of aromatic nitrogens is 2. The van der Waals surface area contributed by atoms with E-state index in [9.17, 15) is 13.6 Å². The van der Waals surface area contributed by atoms with Crippen LogP contribution in [0.5, 0.6) is 0 Å².